The largest absolute Gasteiger partial charge is 0.316 e. The Hall–Kier alpha value is -0.650. The van der Waals surface area contributed by atoms with Gasteiger partial charge in [-0.05, 0) is 34.4 Å². The van der Waals surface area contributed by atoms with Gasteiger partial charge in [-0.15, -0.1) is 11.3 Å². The molecule has 2 N–H and O–H groups in total. The maximum atomic E-state index is 4.06. The molecule has 0 unspecified atom stereocenters. The second-order valence-corrected chi connectivity index (χ2v) is 4.67. The number of halogens is 1. The van der Waals surface area contributed by atoms with Gasteiger partial charge in [0.1, 0.15) is 0 Å². The summed E-state index contributed by atoms with van der Waals surface area (Å²) in [5, 5.41) is 12.3. The lowest BCUT2D eigenvalue weighted by atomic mass is 10.2. The van der Waals surface area contributed by atoms with E-state index >= 15 is 0 Å². The summed E-state index contributed by atoms with van der Waals surface area (Å²) in [6, 6.07) is 2.05. The van der Waals surface area contributed by atoms with E-state index in [2.05, 4.69) is 36.8 Å². The highest BCUT2D eigenvalue weighted by molar-refractivity contribution is 9.10. The molecular formula is C9H10BrN3S. The molecule has 2 heterocycles. The fraction of sp³-hybridized carbons (Fsp3) is 0.222. The summed E-state index contributed by atoms with van der Waals surface area (Å²) in [4.78, 5) is 1.20. The van der Waals surface area contributed by atoms with Crippen LogP contribution in [0.5, 0.6) is 0 Å². The third-order valence-electron chi connectivity index (χ3n) is 1.93. The molecule has 5 heteroatoms. The molecule has 0 atom stereocenters. The molecular weight excluding hydrogens is 262 g/mol. The van der Waals surface area contributed by atoms with Crippen LogP contribution in [0.4, 0.5) is 0 Å². The van der Waals surface area contributed by atoms with Crippen molar-refractivity contribution >= 4 is 27.3 Å². The monoisotopic (exact) mass is 271 g/mol. The van der Waals surface area contributed by atoms with Gasteiger partial charge in [0.05, 0.1) is 16.8 Å². The fourth-order valence-corrected chi connectivity index (χ4v) is 2.91. The van der Waals surface area contributed by atoms with E-state index in [1.54, 1.807) is 11.3 Å². The minimum Gasteiger partial charge on any atom is -0.316 e. The number of hydrogen-bond donors (Lipinski definition) is 2. The van der Waals surface area contributed by atoms with Gasteiger partial charge in [-0.2, -0.15) is 5.10 Å². The Morgan fingerprint density at radius 1 is 1.64 bits per heavy atom. The molecule has 0 aliphatic rings. The molecule has 14 heavy (non-hydrogen) atoms. The highest BCUT2D eigenvalue weighted by atomic mass is 79.9. The standard InChI is InChI=1S/C9H10BrN3S/c1-11-4-6-5-12-13-8(6)9-7(10)2-3-14-9/h2-3,5,11H,4H2,1H3,(H,12,13). The number of aromatic amines is 1. The number of rotatable bonds is 3. The van der Waals surface area contributed by atoms with Crippen LogP contribution >= 0.6 is 27.3 Å². The Labute approximate surface area is 94.7 Å². The van der Waals surface area contributed by atoms with Crippen molar-refractivity contribution in [2.45, 2.75) is 6.54 Å². The van der Waals surface area contributed by atoms with Crippen molar-refractivity contribution in [3.8, 4) is 10.6 Å². The Kier molecular flexibility index (Phi) is 3.00. The van der Waals surface area contributed by atoms with E-state index in [1.807, 2.05) is 19.3 Å². The summed E-state index contributed by atoms with van der Waals surface area (Å²) in [6.45, 7) is 0.830. The molecule has 2 aromatic rings. The van der Waals surface area contributed by atoms with E-state index in [4.69, 9.17) is 0 Å². The van der Waals surface area contributed by atoms with Crippen LogP contribution in [0.25, 0.3) is 10.6 Å². The molecule has 2 aromatic heterocycles. The summed E-state index contributed by atoms with van der Waals surface area (Å²) in [5.41, 5.74) is 2.29. The van der Waals surface area contributed by atoms with Gasteiger partial charge in [-0.25, -0.2) is 0 Å². The molecule has 0 fully saturated rings. The highest BCUT2D eigenvalue weighted by Gasteiger charge is 2.10. The molecule has 0 aromatic carbocycles. The van der Waals surface area contributed by atoms with Crippen LogP contribution in [0.3, 0.4) is 0 Å². The van der Waals surface area contributed by atoms with Gasteiger partial charge in [0.25, 0.3) is 0 Å². The average molecular weight is 272 g/mol. The summed E-state index contributed by atoms with van der Waals surface area (Å²) >= 11 is 5.22. The van der Waals surface area contributed by atoms with Crippen molar-refractivity contribution in [2.24, 2.45) is 0 Å². The molecule has 0 spiro atoms. The molecule has 0 aliphatic carbocycles. The zero-order chi connectivity index (χ0) is 9.97. The van der Waals surface area contributed by atoms with Crippen molar-refractivity contribution in [1.82, 2.24) is 15.5 Å². The van der Waals surface area contributed by atoms with E-state index in [0.29, 0.717) is 0 Å². The third-order valence-corrected chi connectivity index (χ3v) is 3.78. The SMILES string of the molecule is CNCc1cn[nH]c1-c1sccc1Br. The minimum absolute atomic E-state index is 0.830. The Balaban J connectivity index is 2.41. The molecule has 74 valence electrons. The maximum Gasteiger partial charge on any atom is 0.0806 e. The Bertz CT molecular complexity index is 421. The molecule has 0 radical (unpaired) electrons. The lowest BCUT2D eigenvalue weighted by Gasteiger charge is -2.00. The first-order valence-corrected chi connectivity index (χ1v) is 5.90. The lowest BCUT2D eigenvalue weighted by molar-refractivity contribution is 0.820. The summed E-state index contributed by atoms with van der Waals surface area (Å²) in [6.07, 6.45) is 1.86. The van der Waals surface area contributed by atoms with Crippen molar-refractivity contribution in [3.63, 3.8) is 0 Å². The Morgan fingerprint density at radius 2 is 2.50 bits per heavy atom. The Morgan fingerprint density at radius 3 is 3.14 bits per heavy atom. The first-order chi connectivity index (χ1) is 6.83. The van der Waals surface area contributed by atoms with E-state index in [9.17, 15) is 0 Å². The van der Waals surface area contributed by atoms with Gasteiger partial charge in [-0.3, -0.25) is 5.10 Å². The number of nitrogens with one attached hydrogen (secondary N) is 2. The van der Waals surface area contributed by atoms with E-state index in [0.717, 1.165) is 16.7 Å². The van der Waals surface area contributed by atoms with E-state index in [1.165, 1.54) is 10.4 Å². The van der Waals surface area contributed by atoms with Crippen LogP contribution in [0.15, 0.2) is 22.1 Å². The smallest absolute Gasteiger partial charge is 0.0806 e. The summed E-state index contributed by atoms with van der Waals surface area (Å²) in [7, 11) is 1.93. The predicted molar refractivity (Wildman–Crippen MR) is 62.4 cm³/mol. The zero-order valence-corrected chi connectivity index (χ0v) is 10.1. The van der Waals surface area contributed by atoms with Gasteiger partial charge in [0.2, 0.25) is 0 Å². The van der Waals surface area contributed by atoms with Gasteiger partial charge in [0.15, 0.2) is 0 Å². The van der Waals surface area contributed by atoms with Gasteiger partial charge in [-0.1, -0.05) is 0 Å². The number of aromatic nitrogens is 2. The molecule has 2 rings (SSSR count). The number of thiophene rings is 1. The molecule has 0 saturated heterocycles. The van der Waals surface area contributed by atoms with Gasteiger partial charge < -0.3 is 5.32 Å². The van der Waals surface area contributed by atoms with Crippen molar-refractivity contribution in [1.29, 1.82) is 0 Å². The lowest BCUT2D eigenvalue weighted by Crippen LogP contribution is -2.04. The number of nitrogens with zero attached hydrogens (tertiary/aromatic N) is 1. The van der Waals surface area contributed by atoms with Gasteiger partial charge >= 0.3 is 0 Å². The second-order valence-electron chi connectivity index (χ2n) is 2.90. The first kappa shape index (κ1) is 9.89. The van der Waals surface area contributed by atoms with Crippen LogP contribution in [0.2, 0.25) is 0 Å². The number of hydrogen-bond acceptors (Lipinski definition) is 3. The molecule has 3 nitrogen and oxygen atoms in total. The fourth-order valence-electron chi connectivity index (χ4n) is 1.30. The molecule has 0 aliphatic heterocycles. The van der Waals surface area contributed by atoms with Crippen LogP contribution in [-0.4, -0.2) is 17.2 Å². The topological polar surface area (TPSA) is 40.7 Å². The van der Waals surface area contributed by atoms with Crippen molar-refractivity contribution in [2.75, 3.05) is 7.05 Å². The van der Waals surface area contributed by atoms with Crippen LogP contribution < -0.4 is 5.32 Å². The van der Waals surface area contributed by atoms with E-state index in [-0.39, 0.29) is 0 Å². The predicted octanol–water partition coefficient (Wildman–Crippen LogP) is 2.62. The quantitative estimate of drug-likeness (QED) is 0.901. The van der Waals surface area contributed by atoms with Crippen LogP contribution in [0.1, 0.15) is 5.56 Å². The third kappa shape index (κ3) is 1.75. The maximum absolute atomic E-state index is 4.06. The molecule has 0 saturated carbocycles. The molecule has 0 amide bonds. The second kappa shape index (κ2) is 4.25. The zero-order valence-electron chi connectivity index (χ0n) is 7.67. The first-order valence-electron chi connectivity index (χ1n) is 4.23. The van der Waals surface area contributed by atoms with Crippen molar-refractivity contribution in [3.05, 3.63) is 27.7 Å². The summed E-state index contributed by atoms with van der Waals surface area (Å²) < 4.78 is 1.11. The normalized spacial score (nSPS) is 10.7. The van der Waals surface area contributed by atoms with Crippen LogP contribution in [0, 0.1) is 0 Å². The number of H-pyrrole nitrogens is 1. The van der Waals surface area contributed by atoms with Crippen LogP contribution in [-0.2, 0) is 6.54 Å². The van der Waals surface area contributed by atoms with E-state index < -0.39 is 0 Å². The highest BCUT2D eigenvalue weighted by Crippen LogP contribution is 2.33. The average Bonchev–Trinajstić information content (AvgIpc) is 2.74. The van der Waals surface area contributed by atoms with Gasteiger partial charge in [0, 0.05) is 16.6 Å². The van der Waals surface area contributed by atoms with Crippen molar-refractivity contribution < 1.29 is 0 Å². The molecule has 0 bridgehead atoms. The minimum atomic E-state index is 0.830. The summed E-state index contributed by atoms with van der Waals surface area (Å²) in [5.74, 6) is 0.